The average molecular weight is 359 g/mol. The maximum atomic E-state index is 9.89. The number of nitrogens with zero attached hydrogens (tertiary/aromatic N) is 1. The molecule has 120 valence electrons. The van der Waals surface area contributed by atoms with E-state index in [9.17, 15) is 5.11 Å². The molecule has 0 radical (unpaired) electrons. The molecule has 0 amide bonds. The summed E-state index contributed by atoms with van der Waals surface area (Å²) in [4.78, 5) is 2.32. The zero-order valence-electron chi connectivity index (χ0n) is 13.2. The fourth-order valence-electron chi connectivity index (χ4n) is 1.86. The number of hydrogen-bond acceptors (Lipinski definition) is 4. The Morgan fingerprint density at radius 1 is 1.43 bits per heavy atom. The molecule has 1 aromatic carbocycles. The number of ether oxygens (including phenoxy) is 1. The van der Waals surface area contributed by atoms with Crippen molar-refractivity contribution in [1.29, 1.82) is 0 Å². The van der Waals surface area contributed by atoms with E-state index < -0.39 is 6.10 Å². The summed E-state index contributed by atoms with van der Waals surface area (Å²) in [7, 11) is 2.13. The Hall–Kier alpha value is -0.620. The van der Waals surface area contributed by atoms with Gasteiger partial charge in [-0.2, -0.15) is 0 Å². The Morgan fingerprint density at radius 2 is 2.19 bits per heavy atom. The normalized spacial score (nSPS) is 14.2. The molecule has 4 nitrogen and oxygen atoms in total. The molecule has 0 heterocycles. The van der Waals surface area contributed by atoms with Crippen LogP contribution in [0.2, 0.25) is 0 Å². The van der Waals surface area contributed by atoms with E-state index in [-0.39, 0.29) is 0 Å². The van der Waals surface area contributed by atoms with Gasteiger partial charge in [0.1, 0.15) is 18.5 Å². The van der Waals surface area contributed by atoms with Crippen LogP contribution in [0.4, 0.5) is 0 Å². The lowest BCUT2D eigenvalue weighted by Crippen LogP contribution is -2.38. The molecule has 0 saturated carbocycles. The molecule has 2 unspecified atom stereocenters. The summed E-state index contributed by atoms with van der Waals surface area (Å²) in [6.45, 7) is 7.11. The first kappa shape index (κ1) is 18.4. The van der Waals surface area contributed by atoms with Crippen LogP contribution in [0.25, 0.3) is 0 Å². The molecule has 0 aliphatic heterocycles. The molecule has 0 aromatic heterocycles. The summed E-state index contributed by atoms with van der Waals surface area (Å²) in [6.07, 6.45) is 0.650. The van der Waals surface area contributed by atoms with Gasteiger partial charge in [0.15, 0.2) is 0 Å². The molecule has 2 atom stereocenters. The standard InChI is InChI=1S/C16H27BrN2O2/c1-4-13(2)19(3)9-8-18-11-15(20)12-21-16-7-5-6-14(17)10-16/h5-7,10,13,15,18,20H,4,8-9,11-12H2,1-3H3. The van der Waals surface area contributed by atoms with Gasteiger partial charge in [0.2, 0.25) is 0 Å². The summed E-state index contributed by atoms with van der Waals surface area (Å²) in [5.74, 6) is 0.764. The Kier molecular flexibility index (Phi) is 8.92. The largest absolute Gasteiger partial charge is 0.491 e. The van der Waals surface area contributed by atoms with Crippen molar-refractivity contribution < 1.29 is 9.84 Å². The van der Waals surface area contributed by atoms with Crippen molar-refractivity contribution in [3.8, 4) is 5.75 Å². The van der Waals surface area contributed by atoms with Crippen LogP contribution < -0.4 is 10.1 Å². The van der Waals surface area contributed by atoms with Crippen LogP contribution in [-0.4, -0.2) is 55.4 Å². The quantitative estimate of drug-likeness (QED) is 0.630. The number of benzene rings is 1. The van der Waals surface area contributed by atoms with Crippen molar-refractivity contribution in [3.63, 3.8) is 0 Å². The third-order valence-electron chi connectivity index (χ3n) is 3.60. The first-order valence-electron chi connectivity index (χ1n) is 7.50. The number of aliphatic hydroxyl groups is 1. The van der Waals surface area contributed by atoms with Crippen molar-refractivity contribution in [3.05, 3.63) is 28.7 Å². The molecule has 5 heteroatoms. The summed E-state index contributed by atoms with van der Waals surface area (Å²) in [6, 6.07) is 8.22. The van der Waals surface area contributed by atoms with Gasteiger partial charge in [-0.05, 0) is 38.6 Å². The van der Waals surface area contributed by atoms with Crippen molar-refractivity contribution >= 4 is 15.9 Å². The third-order valence-corrected chi connectivity index (χ3v) is 4.10. The molecule has 0 saturated heterocycles. The Balaban J connectivity index is 2.13. The first-order valence-corrected chi connectivity index (χ1v) is 8.29. The highest BCUT2D eigenvalue weighted by molar-refractivity contribution is 9.10. The Labute approximate surface area is 136 Å². The lowest BCUT2D eigenvalue weighted by molar-refractivity contribution is 0.105. The van der Waals surface area contributed by atoms with Gasteiger partial charge in [-0.1, -0.05) is 28.9 Å². The lowest BCUT2D eigenvalue weighted by Gasteiger charge is -2.23. The van der Waals surface area contributed by atoms with E-state index in [1.54, 1.807) is 0 Å². The molecule has 21 heavy (non-hydrogen) atoms. The van der Waals surface area contributed by atoms with E-state index in [0.717, 1.165) is 29.7 Å². The van der Waals surface area contributed by atoms with E-state index in [0.29, 0.717) is 19.2 Å². The molecule has 0 aliphatic carbocycles. The van der Waals surface area contributed by atoms with Gasteiger partial charge in [-0.3, -0.25) is 0 Å². The minimum Gasteiger partial charge on any atom is -0.491 e. The summed E-state index contributed by atoms with van der Waals surface area (Å²) in [5, 5.41) is 13.1. The maximum absolute atomic E-state index is 9.89. The molecule has 0 fully saturated rings. The van der Waals surface area contributed by atoms with E-state index in [1.807, 2.05) is 24.3 Å². The predicted molar refractivity (Wildman–Crippen MR) is 90.9 cm³/mol. The Morgan fingerprint density at radius 3 is 2.86 bits per heavy atom. The van der Waals surface area contributed by atoms with E-state index in [1.165, 1.54) is 0 Å². The molecular formula is C16H27BrN2O2. The smallest absolute Gasteiger partial charge is 0.120 e. The van der Waals surface area contributed by atoms with Crippen LogP contribution in [-0.2, 0) is 0 Å². The minimum atomic E-state index is -0.502. The lowest BCUT2D eigenvalue weighted by atomic mass is 10.2. The van der Waals surface area contributed by atoms with Crippen molar-refractivity contribution in [1.82, 2.24) is 10.2 Å². The van der Waals surface area contributed by atoms with E-state index >= 15 is 0 Å². The van der Waals surface area contributed by atoms with Crippen LogP contribution in [0.15, 0.2) is 28.7 Å². The molecular weight excluding hydrogens is 332 g/mol. The fraction of sp³-hybridized carbons (Fsp3) is 0.625. The highest BCUT2D eigenvalue weighted by atomic mass is 79.9. The second kappa shape index (κ2) is 10.2. The molecule has 1 aromatic rings. The van der Waals surface area contributed by atoms with Crippen LogP contribution >= 0.6 is 15.9 Å². The number of likely N-dealkylation sites (N-methyl/N-ethyl adjacent to an activating group) is 1. The second-order valence-corrected chi connectivity index (χ2v) is 6.28. The molecule has 0 bridgehead atoms. The van der Waals surface area contributed by atoms with Gasteiger partial charge < -0.3 is 20.1 Å². The van der Waals surface area contributed by atoms with Crippen LogP contribution in [0.3, 0.4) is 0 Å². The molecule has 0 spiro atoms. The number of hydrogen-bond donors (Lipinski definition) is 2. The van der Waals surface area contributed by atoms with Crippen LogP contribution in [0, 0.1) is 0 Å². The van der Waals surface area contributed by atoms with E-state index in [4.69, 9.17) is 4.74 Å². The number of halogens is 1. The minimum absolute atomic E-state index is 0.296. The SMILES string of the molecule is CCC(C)N(C)CCNCC(O)COc1cccc(Br)c1. The van der Waals surface area contributed by atoms with Crippen LogP contribution in [0.1, 0.15) is 20.3 Å². The predicted octanol–water partition coefficient (Wildman–Crippen LogP) is 2.51. The van der Waals surface area contributed by atoms with Gasteiger partial charge >= 0.3 is 0 Å². The summed E-state index contributed by atoms with van der Waals surface area (Å²) < 4.78 is 6.52. The van der Waals surface area contributed by atoms with Gasteiger partial charge in [0.25, 0.3) is 0 Å². The van der Waals surface area contributed by atoms with Gasteiger partial charge in [0.05, 0.1) is 0 Å². The molecule has 0 aliphatic rings. The van der Waals surface area contributed by atoms with Gasteiger partial charge in [-0.15, -0.1) is 0 Å². The van der Waals surface area contributed by atoms with Gasteiger partial charge in [0, 0.05) is 30.1 Å². The summed E-state index contributed by atoms with van der Waals surface area (Å²) in [5.41, 5.74) is 0. The number of aliphatic hydroxyl groups excluding tert-OH is 1. The second-order valence-electron chi connectivity index (χ2n) is 5.36. The Bertz CT molecular complexity index is 404. The monoisotopic (exact) mass is 358 g/mol. The molecule has 1 rings (SSSR count). The maximum Gasteiger partial charge on any atom is 0.120 e. The van der Waals surface area contributed by atoms with Crippen molar-refractivity contribution in [2.24, 2.45) is 0 Å². The number of rotatable bonds is 10. The molecule has 2 N–H and O–H groups in total. The zero-order valence-corrected chi connectivity index (χ0v) is 14.8. The average Bonchev–Trinajstić information content (AvgIpc) is 2.48. The topological polar surface area (TPSA) is 44.7 Å². The number of nitrogens with one attached hydrogen (secondary N) is 1. The van der Waals surface area contributed by atoms with Crippen molar-refractivity contribution in [2.75, 3.05) is 33.3 Å². The van der Waals surface area contributed by atoms with Crippen molar-refractivity contribution in [2.45, 2.75) is 32.4 Å². The zero-order chi connectivity index (χ0) is 15.7. The van der Waals surface area contributed by atoms with Gasteiger partial charge in [-0.25, -0.2) is 0 Å². The van der Waals surface area contributed by atoms with Crippen LogP contribution in [0.5, 0.6) is 5.75 Å². The third kappa shape index (κ3) is 7.81. The van der Waals surface area contributed by atoms with E-state index in [2.05, 4.69) is 47.0 Å². The highest BCUT2D eigenvalue weighted by Gasteiger charge is 2.08. The first-order chi connectivity index (χ1) is 10.0. The highest BCUT2D eigenvalue weighted by Crippen LogP contribution is 2.17. The summed E-state index contributed by atoms with van der Waals surface area (Å²) >= 11 is 3.39. The fourth-order valence-corrected chi connectivity index (χ4v) is 2.24.